The first-order chi connectivity index (χ1) is 19.2. The third-order valence-electron chi connectivity index (χ3n) is 6.59. The maximum absolute atomic E-state index is 13.2. The molecule has 0 radical (unpaired) electrons. The van der Waals surface area contributed by atoms with Gasteiger partial charge in [0.1, 0.15) is 28.7 Å². The number of fused-ring (bicyclic) bond motifs is 1. The van der Waals surface area contributed by atoms with Crippen LogP contribution in [0.15, 0.2) is 89.5 Å². The summed E-state index contributed by atoms with van der Waals surface area (Å²) in [5, 5.41) is 2.42. The van der Waals surface area contributed by atoms with Crippen LogP contribution in [0.5, 0.6) is 0 Å². The normalized spacial score (nSPS) is 19.0. The molecular weight excluding hydrogens is 523 g/mol. The van der Waals surface area contributed by atoms with E-state index in [4.69, 9.17) is 10.7 Å². The van der Waals surface area contributed by atoms with Crippen molar-refractivity contribution in [1.29, 1.82) is 0 Å². The molecular formula is C28H24F3N7O2. The zero-order chi connectivity index (χ0) is 28.4. The molecule has 2 aliphatic heterocycles. The van der Waals surface area contributed by atoms with Gasteiger partial charge in [-0.3, -0.25) is 19.0 Å². The number of amides is 2. The predicted octanol–water partition coefficient (Wildman–Crippen LogP) is 3.77. The molecule has 3 aliphatic rings. The predicted molar refractivity (Wildman–Crippen MR) is 144 cm³/mol. The van der Waals surface area contributed by atoms with Gasteiger partial charge in [0.15, 0.2) is 0 Å². The number of nitrogens with two attached hydrogens (primary N) is 1. The summed E-state index contributed by atoms with van der Waals surface area (Å²) in [6.45, 7) is 4.17. The van der Waals surface area contributed by atoms with Gasteiger partial charge in [-0.2, -0.15) is 13.2 Å². The molecule has 204 valence electrons. The summed E-state index contributed by atoms with van der Waals surface area (Å²) in [6.07, 6.45) is 10.8. The van der Waals surface area contributed by atoms with Crippen LogP contribution in [-0.2, 0) is 9.59 Å². The largest absolute Gasteiger partial charge is 0.416 e. The van der Waals surface area contributed by atoms with E-state index < -0.39 is 17.7 Å². The summed E-state index contributed by atoms with van der Waals surface area (Å²) < 4.78 is 41.4. The highest BCUT2D eigenvalue weighted by molar-refractivity contribution is 6.11. The van der Waals surface area contributed by atoms with E-state index >= 15 is 0 Å². The zero-order valence-electron chi connectivity index (χ0n) is 21.2. The van der Waals surface area contributed by atoms with Gasteiger partial charge in [-0.1, -0.05) is 24.8 Å². The van der Waals surface area contributed by atoms with Crippen molar-refractivity contribution >= 4 is 34.6 Å². The summed E-state index contributed by atoms with van der Waals surface area (Å²) in [5.41, 5.74) is 9.87. The van der Waals surface area contributed by atoms with E-state index in [1.54, 1.807) is 29.4 Å². The van der Waals surface area contributed by atoms with Crippen molar-refractivity contribution < 1.29 is 22.8 Å². The number of hydrogen-bond donors (Lipinski definition) is 2. The molecule has 0 spiro atoms. The van der Waals surface area contributed by atoms with Crippen molar-refractivity contribution in [3.05, 3.63) is 96.0 Å². The molecule has 2 aromatic rings. The van der Waals surface area contributed by atoms with Gasteiger partial charge in [-0.15, -0.1) is 5.73 Å². The average molecular weight is 548 g/mol. The van der Waals surface area contributed by atoms with Crippen LogP contribution in [0.4, 0.5) is 19.0 Å². The highest BCUT2D eigenvalue weighted by Gasteiger charge is 2.34. The van der Waals surface area contributed by atoms with E-state index in [1.165, 1.54) is 24.3 Å². The SMILES string of the molecule is C=CC(=O)N1CCCC1c1nc(C2=CC=C=C(C(=O)NC3=NCC=CC(C(F)(F)F)=C3)C=C2)c2c(N)nccn12. The number of anilines is 1. The minimum Gasteiger partial charge on any atom is -0.382 e. The monoisotopic (exact) mass is 547 g/mol. The number of likely N-dealkylation sites (tertiary alicyclic amines) is 1. The fourth-order valence-electron chi connectivity index (χ4n) is 4.74. The van der Waals surface area contributed by atoms with Gasteiger partial charge in [-0.25, -0.2) is 9.97 Å². The number of carbonyl (C=O) groups is 2. The van der Waals surface area contributed by atoms with Crippen molar-refractivity contribution in [1.82, 2.24) is 24.6 Å². The Morgan fingerprint density at radius 3 is 2.85 bits per heavy atom. The minimum atomic E-state index is -4.58. The first-order valence-corrected chi connectivity index (χ1v) is 12.4. The Morgan fingerprint density at radius 1 is 1.25 bits per heavy atom. The molecule has 0 bridgehead atoms. The molecule has 1 atom stereocenters. The van der Waals surface area contributed by atoms with E-state index in [-0.39, 0.29) is 35.7 Å². The number of amidine groups is 1. The van der Waals surface area contributed by atoms with Gasteiger partial charge in [0.2, 0.25) is 5.91 Å². The Morgan fingerprint density at radius 2 is 2.08 bits per heavy atom. The van der Waals surface area contributed by atoms with Crippen LogP contribution in [0.25, 0.3) is 11.1 Å². The summed E-state index contributed by atoms with van der Waals surface area (Å²) in [6, 6.07) is -0.289. The summed E-state index contributed by atoms with van der Waals surface area (Å²) in [7, 11) is 0. The summed E-state index contributed by atoms with van der Waals surface area (Å²) >= 11 is 0. The Kier molecular flexibility index (Phi) is 7.10. The highest BCUT2D eigenvalue weighted by Crippen LogP contribution is 2.35. The summed E-state index contributed by atoms with van der Waals surface area (Å²) in [4.78, 5) is 40.1. The van der Waals surface area contributed by atoms with Crippen molar-refractivity contribution in [3.8, 4) is 0 Å². The number of aliphatic imine (C=N–C) groups is 1. The molecule has 12 heteroatoms. The molecule has 4 heterocycles. The van der Waals surface area contributed by atoms with Crippen molar-refractivity contribution in [3.63, 3.8) is 0 Å². The number of alkyl halides is 3. The van der Waals surface area contributed by atoms with Gasteiger partial charge in [0, 0.05) is 24.5 Å². The van der Waals surface area contributed by atoms with Crippen LogP contribution >= 0.6 is 0 Å². The van der Waals surface area contributed by atoms with Gasteiger partial charge >= 0.3 is 6.18 Å². The standard InChI is InChI=1S/C28H24F3N7O2/c1-2-22(39)37-14-5-9-20(37)26-36-23(24-25(32)34-13-15-38(24)26)17-6-3-7-18(11-10-17)27(40)35-21-16-19(28(29,30)31)8-4-12-33-21/h2-4,6,8,10-11,13,15-16,20H,1,5,9,12,14H2,(H2,32,34)(H,33,35,40). The Bertz CT molecular complexity index is 1630. The lowest BCUT2D eigenvalue weighted by molar-refractivity contribution is -0.127. The van der Waals surface area contributed by atoms with Gasteiger partial charge in [-0.05, 0) is 43.2 Å². The van der Waals surface area contributed by atoms with Crippen molar-refractivity contribution in [2.75, 3.05) is 18.8 Å². The second-order valence-corrected chi connectivity index (χ2v) is 9.10. The number of imidazole rings is 1. The molecule has 1 fully saturated rings. The molecule has 1 saturated heterocycles. The lowest BCUT2D eigenvalue weighted by Crippen LogP contribution is -2.30. The molecule has 1 unspecified atom stereocenters. The Balaban J connectivity index is 1.43. The number of aromatic nitrogens is 3. The molecule has 9 nitrogen and oxygen atoms in total. The van der Waals surface area contributed by atoms with E-state index in [1.807, 2.05) is 4.40 Å². The molecule has 2 amide bonds. The number of nitrogen functional groups attached to an aromatic ring is 1. The molecule has 0 saturated carbocycles. The number of hydrogen-bond acceptors (Lipinski definition) is 6. The third kappa shape index (κ3) is 5.16. The lowest BCUT2D eigenvalue weighted by Gasteiger charge is -2.22. The maximum atomic E-state index is 13.2. The number of halogens is 3. The molecule has 1 aliphatic carbocycles. The van der Waals surface area contributed by atoms with Crippen LogP contribution in [0.2, 0.25) is 0 Å². The quantitative estimate of drug-likeness (QED) is 0.447. The Labute approximate surface area is 227 Å². The average Bonchev–Trinajstić information content (AvgIpc) is 3.37. The Hall–Kier alpha value is -4.96. The van der Waals surface area contributed by atoms with Crippen LogP contribution in [0, 0.1) is 0 Å². The highest BCUT2D eigenvalue weighted by atomic mass is 19.4. The molecule has 0 aromatic carbocycles. The van der Waals surface area contributed by atoms with Gasteiger partial charge < -0.3 is 16.0 Å². The third-order valence-corrected chi connectivity index (χ3v) is 6.59. The van der Waals surface area contributed by atoms with Gasteiger partial charge in [0.25, 0.3) is 5.91 Å². The zero-order valence-corrected chi connectivity index (χ0v) is 21.2. The number of nitrogens with one attached hydrogen (secondary N) is 1. The van der Waals surface area contributed by atoms with Crippen LogP contribution in [0.3, 0.4) is 0 Å². The number of carbonyl (C=O) groups excluding carboxylic acids is 2. The molecule has 40 heavy (non-hydrogen) atoms. The van der Waals surface area contributed by atoms with Crippen LogP contribution in [-0.4, -0.2) is 56.2 Å². The maximum Gasteiger partial charge on any atom is 0.416 e. The number of rotatable bonds is 4. The van der Waals surface area contributed by atoms with E-state index in [0.717, 1.165) is 18.6 Å². The number of nitrogens with zero attached hydrogens (tertiary/aromatic N) is 5. The first-order valence-electron chi connectivity index (χ1n) is 12.4. The number of allylic oxidation sites excluding steroid dienone is 5. The van der Waals surface area contributed by atoms with Crippen LogP contribution in [0.1, 0.15) is 30.4 Å². The van der Waals surface area contributed by atoms with Crippen molar-refractivity contribution in [2.45, 2.75) is 25.1 Å². The fourth-order valence-corrected chi connectivity index (χ4v) is 4.74. The second-order valence-electron chi connectivity index (χ2n) is 9.10. The molecule has 3 N–H and O–H groups in total. The topological polar surface area (TPSA) is 118 Å². The van der Waals surface area contributed by atoms with E-state index in [0.29, 0.717) is 35.6 Å². The smallest absolute Gasteiger partial charge is 0.382 e. The fraction of sp³-hybridized carbons (Fsp3) is 0.214. The summed E-state index contributed by atoms with van der Waals surface area (Å²) in [5.74, 6) is -0.225. The first kappa shape index (κ1) is 26.6. The molecule has 5 rings (SSSR count). The molecule has 2 aromatic heterocycles. The minimum absolute atomic E-state index is 0.00979. The van der Waals surface area contributed by atoms with Gasteiger partial charge in [0.05, 0.1) is 23.7 Å². The second kappa shape index (κ2) is 10.7. The van der Waals surface area contributed by atoms with Crippen LogP contribution < -0.4 is 11.1 Å². The van der Waals surface area contributed by atoms with E-state index in [9.17, 15) is 22.8 Å². The van der Waals surface area contributed by atoms with E-state index in [2.05, 4.69) is 27.6 Å². The lowest BCUT2D eigenvalue weighted by atomic mass is 10.1. The van der Waals surface area contributed by atoms with Crippen molar-refractivity contribution in [2.24, 2.45) is 4.99 Å².